The van der Waals surface area contributed by atoms with Crippen LogP contribution in [0.25, 0.3) is 0 Å². The van der Waals surface area contributed by atoms with E-state index in [1.54, 1.807) is 6.07 Å². The lowest BCUT2D eigenvalue weighted by Crippen LogP contribution is -2.50. The van der Waals surface area contributed by atoms with Gasteiger partial charge in [-0.3, -0.25) is 9.80 Å². The number of nitriles is 1. The molecule has 0 aliphatic carbocycles. The molecule has 3 rings (SSSR count). The average Bonchev–Trinajstić information content (AvgIpc) is 2.90. The van der Waals surface area contributed by atoms with E-state index in [1.165, 1.54) is 12.1 Å². The number of hydrogen-bond acceptors (Lipinski definition) is 5. The molecule has 124 valence electrons. The summed E-state index contributed by atoms with van der Waals surface area (Å²) in [4.78, 5) is 4.39. The van der Waals surface area contributed by atoms with Gasteiger partial charge in [-0.25, -0.2) is 12.8 Å². The summed E-state index contributed by atoms with van der Waals surface area (Å²) in [5, 5.41) is 8.92. The van der Waals surface area contributed by atoms with Crippen LogP contribution in [0, 0.1) is 17.1 Å². The van der Waals surface area contributed by atoms with Gasteiger partial charge in [0, 0.05) is 44.3 Å². The second-order valence-electron chi connectivity index (χ2n) is 6.29. The minimum absolute atomic E-state index is 0.140. The van der Waals surface area contributed by atoms with Crippen LogP contribution < -0.4 is 0 Å². The summed E-state index contributed by atoms with van der Waals surface area (Å²) in [7, 11) is -2.86. The summed E-state index contributed by atoms with van der Waals surface area (Å²) in [5.41, 5.74) is 1.01. The monoisotopic (exact) mass is 337 g/mol. The first-order chi connectivity index (χ1) is 11.0. The number of piperazine rings is 1. The van der Waals surface area contributed by atoms with Crippen molar-refractivity contribution in [1.82, 2.24) is 9.80 Å². The zero-order valence-corrected chi connectivity index (χ0v) is 13.7. The Labute approximate surface area is 136 Å². The third-order valence-corrected chi connectivity index (χ3v) is 6.45. The van der Waals surface area contributed by atoms with Crippen molar-refractivity contribution in [2.45, 2.75) is 19.0 Å². The fraction of sp³-hybridized carbons (Fsp3) is 0.562. The number of halogens is 1. The standard InChI is InChI=1S/C16H20FN3O2S/c17-16-2-1-13(10-18)9-14(16)11-19-4-6-20(7-5-19)15-3-8-23(21,22)12-15/h1-2,9,15H,3-8,11-12H2/t15-/m1/s1. The lowest BCUT2D eigenvalue weighted by atomic mass is 10.1. The first-order valence-corrected chi connectivity index (χ1v) is 9.64. The van der Waals surface area contributed by atoms with Crippen LogP contribution in [0.5, 0.6) is 0 Å². The van der Waals surface area contributed by atoms with Crippen molar-refractivity contribution in [3.8, 4) is 6.07 Å². The summed E-state index contributed by atoms with van der Waals surface area (Å²) in [5.74, 6) is 0.281. The van der Waals surface area contributed by atoms with Crippen molar-refractivity contribution >= 4 is 9.84 Å². The minimum atomic E-state index is -2.86. The maximum absolute atomic E-state index is 13.9. The van der Waals surface area contributed by atoms with Gasteiger partial charge in [0.25, 0.3) is 0 Å². The van der Waals surface area contributed by atoms with Crippen molar-refractivity contribution in [3.63, 3.8) is 0 Å². The third-order valence-electron chi connectivity index (χ3n) is 4.70. The third kappa shape index (κ3) is 3.89. The predicted octanol–water partition coefficient (Wildman–Crippen LogP) is 1.00. The molecule has 1 aromatic rings. The molecule has 0 bridgehead atoms. The van der Waals surface area contributed by atoms with Gasteiger partial charge in [0.2, 0.25) is 0 Å². The van der Waals surface area contributed by atoms with Crippen molar-refractivity contribution in [1.29, 1.82) is 5.26 Å². The molecule has 5 nitrogen and oxygen atoms in total. The van der Waals surface area contributed by atoms with Crippen LogP contribution in [0.4, 0.5) is 4.39 Å². The van der Waals surface area contributed by atoms with Crippen molar-refractivity contribution in [2.24, 2.45) is 0 Å². The largest absolute Gasteiger partial charge is 0.297 e. The molecule has 0 radical (unpaired) electrons. The van der Waals surface area contributed by atoms with E-state index < -0.39 is 9.84 Å². The first kappa shape index (κ1) is 16.4. The number of nitrogens with zero attached hydrogens (tertiary/aromatic N) is 3. The first-order valence-electron chi connectivity index (χ1n) is 7.82. The van der Waals surface area contributed by atoms with Gasteiger partial charge in [-0.2, -0.15) is 5.26 Å². The Morgan fingerprint density at radius 1 is 1.26 bits per heavy atom. The smallest absolute Gasteiger partial charge is 0.151 e. The number of benzene rings is 1. The van der Waals surface area contributed by atoms with E-state index >= 15 is 0 Å². The highest BCUT2D eigenvalue weighted by atomic mass is 32.2. The normalized spacial score (nSPS) is 25.3. The molecule has 1 aromatic carbocycles. The molecule has 1 atom stereocenters. The Bertz CT molecular complexity index is 721. The fourth-order valence-corrected chi connectivity index (χ4v) is 5.12. The second kappa shape index (κ2) is 6.56. The molecule has 0 amide bonds. The molecule has 2 aliphatic rings. The van der Waals surface area contributed by atoms with Crippen LogP contribution in [0.1, 0.15) is 17.5 Å². The van der Waals surface area contributed by atoms with Crippen molar-refractivity contribution < 1.29 is 12.8 Å². The van der Waals surface area contributed by atoms with E-state index in [0.717, 1.165) is 32.6 Å². The quantitative estimate of drug-likeness (QED) is 0.823. The lowest BCUT2D eigenvalue weighted by molar-refractivity contribution is 0.0993. The number of rotatable bonds is 3. The summed E-state index contributed by atoms with van der Waals surface area (Å²) >= 11 is 0. The van der Waals surface area contributed by atoms with Gasteiger partial charge < -0.3 is 0 Å². The van der Waals surface area contributed by atoms with Gasteiger partial charge in [-0.1, -0.05) is 0 Å². The zero-order valence-electron chi connectivity index (χ0n) is 12.9. The zero-order chi connectivity index (χ0) is 16.4. The van der Waals surface area contributed by atoms with E-state index in [9.17, 15) is 12.8 Å². The fourth-order valence-electron chi connectivity index (χ4n) is 3.36. The molecule has 0 N–H and O–H groups in total. The van der Waals surface area contributed by atoms with Crippen LogP contribution in [-0.2, 0) is 16.4 Å². The molecular formula is C16H20FN3O2S. The topological polar surface area (TPSA) is 64.4 Å². The molecule has 0 aromatic heterocycles. The van der Waals surface area contributed by atoms with Crippen LogP contribution in [0.15, 0.2) is 18.2 Å². The molecule has 23 heavy (non-hydrogen) atoms. The van der Waals surface area contributed by atoms with Gasteiger partial charge in [0.05, 0.1) is 23.1 Å². The summed E-state index contributed by atoms with van der Waals surface area (Å²) in [6.45, 7) is 3.66. The Hall–Kier alpha value is -1.49. The van der Waals surface area contributed by atoms with Crippen LogP contribution in [0.2, 0.25) is 0 Å². The van der Waals surface area contributed by atoms with E-state index in [-0.39, 0.29) is 17.6 Å². The molecule has 2 saturated heterocycles. The molecule has 2 aliphatic heterocycles. The molecule has 0 spiro atoms. The Morgan fingerprint density at radius 2 is 2.00 bits per heavy atom. The van der Waals surface area contributed by atoms with Crippen LogP contribution >= 0.6 is 0 Å². The predicted molar refractivity (Wildman–Crippen MR) is 85.0 cm³/mol. The maximum atomic E-state index is 13.9. The van der Waals surface area contributed by atoms with E-state index in [1.807, 2.05) is 6.07 Å². The van der Waals surface area contributed by atoms with Gasteiger partial charge in [0.15, 0.2) is 9.84 Å². The minimum Gasteiger partial charge on any atom is -0.297 e. The molecule has 2 fully saturated rings. The summed E-state index contributed by atoms with van der Waals surface area (Å²) in [6.07, 6.45) is 0.723. The number of hydrogen-bond donors (Lipinski definition) is 0. The van der Waals surface area contributed by atoms with Crippen LogP contribution in [-0.4, -0.2) is 61.9 Å². The van der Waals surface area contributed by atoms with Gasteiger partial charge in [0.1, 0.15) is 5.82 Å². The highest BCUT2D eigenvalue weighted by molar-refractivity contribution is 7.91. The summed E-state index contributed by atoms with van der Waals surface area (Å²) in [6, 6.07) is 6.60. The highest BCUT2D eigenvalue weighted by Gasteiger charge is 2.33. The van der Waals surface area contributed by atoms with Gasteiger partial charge in [-0.05, 0) is 24.6 Å². The Balaban J connectivity index is 1.57. The van der Waals surface area contributed by atoms with E-state index in [0.29, 0.717) is 23.4 Å². The van der Waals surface area contributed by atoms with E-state index in [2.05, 4.69) is 9.80 Å². The van der Waals surface area contributed by atoms with E-state index in [4.69, 9.17) is 5.26 Å². The Morgan fingerprint density at radius 3 is 2.61 bits per heavy atom. The molecular weight excluding hydrogens is 317 g/mol. The van der Waals surface area contributed by atoms with Crippen molar-refractivity contribution in [2.75, 3.05) is 37.7 Å². The average molecular weight is 337 g/mol. The molecule has 0 unspecified atom stereocenters. The van der Waals surface area contributed by atoms with Crippen molar-refractivity contribution in [3.05, 3.63) is 35.1 Å². The lowest BCUT2D eigenvalue weighted by Gasteiger charge is -2.37. The maximum Gasteiger partial charge on any atom is 0.151 e. The molecule has 2 heterocycles. The van der Waals surface area contributed by atoms with Gasteiger partial charge in [-0.15, -0.1) is 0 Å². The number of sulfone groups is 1. The Kier molecular flexibility index (Phi) is 4.67. The second-order valence-corrected chi connectivity index (χ2v) is 8.52. The summed E-state index contributed by atoms with van der Waals surface area (Å²) < 4.78 is 37.0. The SMILES string of the molecule is N#Cc1ccc(F)c(CN2CCN([C@@H]3CCS(=O)(=O)C3)CC2)c1. The van der Waals surface area contributed by atoms with Crippen LogP contribution in [0.3, 0.4) is 0 Å². The highest BCUT2D eigenvalue weighted by Crippen LogP contribution is 2.20. The molecule has 7 heteroatoms. The molecule has 0 saturated carbocycles. The van der Waals surface area contributed by atoms with Gasteiger partial charge >= 0.3 is 0 Å².